The van der Waals surface area contributed by atoms with E-state index in [1.165, 1.54) is 0 Å². The average Bonchev–Trinajstić information content (AvgIpc) is 3.59. The van der Waals surface area contributed by atoms with E-state index in [0.717, 1.165) is 20.9 Å². The molecule has 0 spiro atoms. The van der Waals surface area contributed by atoms with Crippen molar-refractivity contribution in [2.24, 2.45) is 0 Å². The molecule has 0 saturated heterocycles. The molecule has 0 bridgehead atoms. The van der Waals surface area contributed by atoms with Gasteiger partial charge in [0.05, 0.1) is 13.1 Å². The predicted molar refractivity (Wildman–Crippen MR) is 139 cm³/mol. The Labute approximate surface area is 213 Å². The monoisotopic (exact) mass is 504 g/mol. The van der Waals surface area contributed by atoms with Crippen LogP contribution >= 0.6 is 22.7 Å². The SMILES string of the molecule is O=C(CCCC(=O)N(Cc1cccs1)Cc1cccs1)N(Cc1cccnc1)Cc1cccnc1. The molecule has 2 amide bonds. The van der Waals surface area contributed by atoms with E-state index in [0.29, 0.717) is 45.4 Å². The Morgan fingerprint density at radius 1 is 0.657 bits per heavy atom. The van der Waals surface area contributed by atoms with Gasteiger partial charge in [-0.25, -0.2) is 0 Å². The molecular weight excluding hydrogens is 476 g/mol. The number of carbonyl (C=O) groups is 2. The molecule has 6 nitrogen and oxygen atoms in total. The van der Waals surface area contributed by atoms with Crippen LogP contribution < -0.4 is 0 Å². The molecule has 0 atom stereocenters. The number of rotatable bonds is 12. The highest BCUT2D eigenvalue weighted by atomic mass is 32.1. The quantitative estimate of drug-likeness (QED) is 0.255. The van der Waals surface area contributed by atoms with Gasteiger partial charge < -0.3 is 9.80 Å². The molecule has 4 rings (SSSR count). The summed E-state index contributed by atoms with van der Waals surface area (Å²) in [6.07, 6.45) is 8.18. The summed E-state index contributed by atoms with van der Waals surface area (Å²) in [5.41, 5.74) is 1.94. The van der Waals surface area contributed by atoms with Crippen LogP contribution in [-0.2, 0) is 35.8 Å². The van der Waals surface area contributed by atoms with Gasteiger partial charge in [0.25, 0.3) is 0 Å². The zero-order chi connectivity index (χ0) is 24.3. The molecule has 180 valence electrons. The van der Waals surface area contributed by atoms with Crippen LogP contribution in [0.4, 0.5) is 0 Å². The Kier molecular flexibility index (Phi) is 9.14. The minimum absolute atomic E-state index is 0.0218. The van der Waals surface area contributed by atoms with E-state index in [-0.39, 0.29) is 11.8 Å². The molecule has 35 heavy (non-hydrogen) atoms. The molecule has 0 radical (unpaired) electrons. The van der Waals surface area contributed by atoms with Gasteiger partial charge in [-0.3, -0.25) is 19.6 Å². The Bertz CT molecular complexity index is 1090. The maximum Gasteiger partial charge on any atom is 0.223 e. The van der Waals surface area contributed by atoms with Gasteiger partial charge in [0, 0.05) is 60.5 Å². The molecule has 0 N–H and O–H groups in total. The number of nitrogens with zero attached hydrogens (tertiary/aromatic N) is 4. The first-order chi connectivity index (χ1) is 17.2. The summed E-state index contributed by atoms with van der Waals surface area (Å²) in [7, 11) is 0. The van der Waals surface area contributed by atoms with E-state index in [9.17, 15) is 9.59 Å². The second-order valence-electron chi connectivity index (χ2n) is 8.23. The fourth-order valence-electron chi connectivity index (χ4n) is 3.78. The zero-order valence-electron chi connectivity index (χ0n) is 19.5. The van der Waals surface area contributed by atoms with Gasteiger partial charge in [-0.1, -0.05) is 24.3 Å². The number of thiophene rings is 2. The molecule has 0 fully saturated rings. The fourth-order valence-corrected chi connectivity index (χ4v) is 5.22. The van der Waals surface area contributed by atoms with E-state index in [1.807, 2.05) is 57.0 Å². The van der Waals surface area contributed by atoms with Crippen LogP contribution in [0, 0.1) is 0 Å². The van der Waals surface area contributed by atoms with Gasteiger partial charge in [-0.2, -0.15) is 0 Å². The fraction of sp³-hybridized carbons (Fsp3) is 0.259. The number of hydrogen-bond acceptors (Lipinski definition) is 6. The molecule has 8 heteroatoms. The number of amides is 2. The van der Waals surface area contributed by atoms with Crippen LogP contribution in [0.5, 0.6) is 0 Å². The highest BCUT2D eigenvalue weighted by Gasteiger charge is 2.19. The second-order valence-corrected chi connectivity index (χ2v) is 10.3. The van der Waals surface area contributed by atoms with Crippen molar-refractivity contribution in [2.45, 2.75) is 45.4 Å². The van der Waals surface area contributed by atoms with Crippen LogP contribution in [0.2, 0.25) is 0 Å². The van der Waals surface area contributed by atoms with Crippen LogP contribution in [0.1, 0.15) is 40.1 Å². The standard InChI is InChI=1S/C27H28N4O2S2/c32-26(30(18-22-6-2-12-28-16-22)19-23-7-3-13-29-17-23)10-1-11-27(33)31(20-24-8-4-14-34-24)21-25-9-5-15-35-25/h2-9,12-17H,1,10-11,18-21H2. The molecule has 4 heterocycles. The summed E-state index contributed by atoms with van der Waals surface area (Å²) < 4.78 is 0. The summed E-state index contributed by atoms with van der Waals surface area (Å²) in [4.78, 5) is 40.7. The number of hydrogen-bond donors (Lipinski definition) is 0. The number of aromatic nitrogens is 2. The Balaban J connectivity index is 1.36. The van der Waals surface area contributed by atoms with Crippen molar-refractivity contribution in [3.05, 3.63) is 105 Å². The first-order valence-corrected chi connectivity index (χ1v) is 13.3. The predicted octanol–water partition coefficient (Wildman–Crippen LogP) is 5.53. The summed E-state index contributed by atoms with van der Waals surface area (Å²) in [6, 6.07) is 15.8. The van der Waals surface area contributed by atoms with Gasteiger partial charge in [-0.15, -0.1) is 22.7 Å². The molecule has 0 aliphatic heterocycles. The number of carbonyl (C=O) groups excluding carboxylic acids is 2. The van der Waals surface area contributed by atoms with Crippen LogP contribution in [0.3, 0.4) is 0 Å². The van der Waals surface area contributed by atoms with Crippen molar-refractivity contribution in [1.29, 1.82) is 0 Å². The van der Waals surface area contributed by atoms with Gasteiger partial charge in [0.15, 0.2) is 0 Å². The average molecular weight is 505 g/mol. The molecule has 0 saturated carbocycles. The maximum atomic E-state index is 13.2. The third kappa shape index (κ3) is 7.83. The molecular formula is C27H28N4O2S2. The van der Waals surface area contributed by atoms with Crippen molar-refractivity contribution < 1.29 is 9.59 Å². The summed E-state index contributed by atoms with van der Waals surface area (Å²) >= 11 is 3.31. The first kappa shape index (κ1) is 24.8. The van der Waals surface area contributed by atoms with E-state index in [4.69, 9.17) is 0 Å². The lowest BCUT2D eigenvalue weighted by atomic mass is 10.1. The molecule has 0 unspecified atom stereocenters. The van der Waals surface area contributed by atoms with Crippen molar-refractivity contribution in [3.8, 4) is 0 Å². The first-order valence-electron chi connectivity index (χ1n) is 11.6. The zero-order valence-corrected chi connectivity index (χ0v) is 21.1. The van der Waals surface area contributed by atoms with Crippen molar-refractivity contribution in [1.82, 2.24) is 19.8 Å². The molecule has 4 aromatic heterocycles. The highest BCUT2D eigenvalue weighted by Crippen LogP contribution is 2.19. The van der Waals surface area contributed by atoms with Gasteiger partial charge >= 0.3 is 0 Å². The van der Waals surface area contributed by atoms with Crippen LogP contribution in [0.25, 0.3) is 0 Å². The largest absolute Gasteiger partial charge is 0.334 e. The molecule has 4 aromatic rings. The lowest BCUT2D eigenvalue weighted by molar-refractivity contribution is -0.134. The normalized spacial score (nSPS) is 10.7. The van der Waals surface area contributed by atoms with Gasteiger partial charge in [-0.05, 0) is 52.6 Å². The third-order valence-electron chi connectivity index (χ3n) is 5.53. The summed E-state index contributed by atoms with van der Waals surface area (Å²) in [5, 5.41) is 4.06. The smallest absolute Gasteiger partial charge is 0.223 e. The van der Waals surface area contributed by atoms with Gasteiger partial charge in [0.1, 0.15) is 0 Å². The highest BCUT2D eigenvalue weighted by molar-refractivity contribution is 7.10. The third-order valence-corrected chi connectivity index (χ3v) is 7.26. The second kappa shape index (κ2) is 12.9. The maximum absolute atomic E-state index is 13.2. The lowest BCUT2D eigenvalue weighted by Crippen LogP contribution is -2.31. The number of pyridine rings is 2. The minimum Gasteiger partial charge on any atom is -0.334 e. The van der Waals surface area contributed by atoms with Gasteiger partial charge in [0.2, 0.25) is 11.8 Å². The minimum atomic E-state index is 0.0218. The van der Waals surface area contributed by atoms with E-state index in [1.54, 1.807) is 47.5 Å². The van der Waals surface area contributed by atoms with Crippen LogP contribution in [0.15, 0.2) is 84.1 Å². The van der Waals surface area contributed by atoms with Crippen molar-refractivity contribution in [3.63, 3.8) is 0 Å². The van der Waals surface area contributed by atoms with Crippen LogP contribution in [-0.4, -0.2) is 31.6 Å². The summed E-state index contributed by atoms with van der Waals surface area (Å²) in [5.74, 6) is 0.0965. The van der Waals surface area contributed by atoms with E-state index < -0.39 is 0 Å². The summed E-state index contributed by atoms with van der Waals surface area (Å²) in [6.45, 7) is 2.13. The topological polar surface area (TPSA) is 66.4 Å². The Morgan fingerprint density at radius 3 is 1.54 bits per heavy atom. The molecule has 0 aromatic carbocycles. The van der Waals surface area contributed by atoms with Crippen molar-refractivity contribution in [2.75, 3.05) is 0 Å². The molecule has 0 aliphatic carbocycles. The lowest BCUT2D eigenvalue weighted by Gasteiger charge is -2.24. The van der Waals surface area contributed by atoms with Crippen molar-refractivity contribution >= 4 is 34.5 Å². The van der Waals surface area contributed by atoms with E-state index >= 15 is 0 Å². The Hall–Kier alpha value is -3.36. The molecule has 0 aliphatic rings. The Morgan fingerprint density at radius 2 is 1.14 bits per heavy atom. The van der Waals surface area contributed by atoms with E-state index in [2.05, 4.69) is 22.1 Å².